The summed E-state index contributed by atoms with van der Waals surface area (Å²) < 4.78 is 58.2. The minimum Gasteiger partial charge on any atom is -0.495 e. The number of sulfonamides is 2. The van der Waals surface area contributed by atoms with E-state index in [1.165, 1.54) is 44.4 Å². The number of ether oxygens (including phenoxy) is 1. The lowest BCUT2D eigenvalue weighted by molar-refractivity contribution is -0.116. The van der Waals surface area contributed by atoms with Gasteiger partial charge >= 0.3 is 0 Å². The molecule has 0 spiro atoms. The van der Waals surface area contributed by atoms with E-state index in [4.69, 9.17) is 4.74 Å². The Morgan fingerprint density at radius 2 is 1.90 bits per heavy atom. The molecule has 0 aliphatic carbocycles. The van der Waals surface area contributed by atoms with Gasteiger partial charge in [-0.1, -0.05) is 12.1 Å². The molecule has 0 aromatic heterocycles. The van der Waals surface area contributed by atoms with Gasteiger partial charge in [0.25, 0.3) is 10.0 Å². The highest BCUT2D eigenvalue weighted by atomic mass is 32.2. The number of rotatable bonds is 6. The Morgan fingerprint density at radius 3 is 2.48 bits per heavy atom. The summed E-state index contributed by atoms with van der Waals surface area (Å²) in [6, 6.07) is 9.56. The summed E-state index contributed by atoms with van der Waals surface area (Å²) in [5, 5.41) is 0. The number of anilines is 2. The zero-order valence-electron chi connectivity index (χ0n) is 15.6. The molecule has 0 bridgehead atoms. The smallest absolute Gasteiger partial charge is 0.265 e. The number of nitrogens with one attached hydrogen (secondary N) is 1. The first kappa shape index (κ1) is 20.8. The Bertz CT molecular complexity index is 1200. The number of hydrogen-bond donors (Lipinski definition) is 1. The molecule has 1 fully saturated rings. The molecule has 29 heavy (non-hydrogen) atoms. The highest BCUT2D eigenvalue weighted by molar-refractivity contribution is 7.94. The Kier molecular flexibility index (Phi) is 5.37. The molecule has 3 rings (SSSR count). The summed E-state index contributed by atoms with van der Waals surface area (Å²) in [5.74, 6) is -1.24. The van der Waals surface area contributed by atoms with Gasteiger partial charge in [0.05, 0.1) is 18.6 Å². The van der Waals surface area contributed by atoms with Crippen LogP contribution in [0.1, 0.15) is 23.7 Å². The molecule has 1 N–H and O–H groups in total. The van der Waals surface area contributed by atoms with E-state index in [1.54, 1.807) is 6.07 Å². The third-order valence-corrected chi connectivity index (χ3v) is 7.36. The number of carbonyl (C=O) groups excluding carboxylic acids is 2. The number of nitrogens with zero attached hydrogens (tertiary/aromatic N) is 1. The number of Topliss-reactive ketones (excluding diaryl/α,β-unsaturated/α-hetero) is 1. The maximum Gasteiger partial charge on any atom is 0.265 e. The van der Waals surface area contributed by atoms with Gasteiger partial charge < -0.3 is 4.74 Å². The lowest BCUT2D eigenvalue weighted by atomic mass is 10.1. The third-order valence-electron chi connectivity index (χ3n) is 4.27. The van der Waals surface area contributed by atoms with E-state index < -0.39 is 26.0 Å². The first-order valence-electron chi connectivity index (χ1n) is 8.43. The summed E-state index contributed by atoms with van der Waals surface area (Å²) in [4.78, 5) is 23.2. The number of ketones is 1. The van der Waals surface area contributed by atoms with Crippen LogP contribution in [-0.2, 0) is 24.8 Å². The highest BCUT2D eigenvalue weighted by Crippen LogP contribution is 2.33. The summed E-state index contributed by atoms with van der Waals surface area (Å²) in [6.07, 6.45) is -0.174. The number of carbonyl (C=O) groups is 2. The van der Waals surface area contributed by atoms with Crippen molar-refractivity contribution >= 4 is 43.1 Å². The average Bonchev–Trinajstić information content (AvgIpc) is 2.93. The Balaban J connectivity index is 2.05. The molecule has 0 unspecified atom stereocenters. The number of hydrogen-bond acceptors (Lipinski definition) is 7. The predicted octanol–water partition coefficient (Wildman–Crippen LogP) is 1.77. The molecule has 1 aliphatic rings. The molecule has 1 amide bonds. The molecule has 1 heterocycles. The second-order valence-electron chi connectivity index (χ2n) is 6.30. The maximum absolute atomic E-state index is 12.9. The van der Waals surface area contributed by atoms with Crippen molar-refractivity contribution in [3.63, 3.8) is 0 Å². The van der Waals surface area contributed by atoms with Crippen LogP contribution in [0.25, 0.3) is 0 Å². The maximum atomic E-state index is 12.9. The van der Waals surface area contributed by atoms with Crippen LogP contribution < -0.4 is 13.8 Å². The molecule has 2 aromatic rings. The van der Waals surface area contributed by atoms with Crippen molar-refractivity contribution in [3.8, 4) is 5.75 Å². The second kappa shape index (κ2) is 7.48. The Labute approximate surface area is 168 Å². The van der Waals surface area contributed by atoms with Crippen molar-refractivity contribution in [2.75, 3.05) is 21.9 Å². The Hall–Kier alpha value is -2.92. The molecule has 1 saturated heterocycles. The number of amides is 1. The molecule has 1 aliphatic heterocycles. The molecule has 154 valence electrons. The van der Waals surface area contributed by atoms with Crippen molar-refractivity contribution in [1.82, 2.24) is 0 Å². The van der Waals surface area contributed by atoms with Gasteiger partial charge in [-0.15, -0.1) is 0 Å². The van der Waals surface area contributed by atoms with Gasteiger partial charge in [-0.2, -0.15) is 0 Å². The van der Waals surface area contributed by atoms with E-state index in [2.05, 4.69) is 4.72 Å². The van der Waals surface area contributed by atoms with Crippen LogP contribution in [0.5, 0.6) is 5.75 Å². The predicted molar refractivity (Wildman–Crippen MR) is 106 cm³/mol. The van der Waals surface area contributed by atoms with Crippen LogP contribution in [0.15, 0.2) is 47.4 Å². The van der Waals surface area contributed by atoms with Crippen LogP contribution in [0, 0.1) is 0 Å². The van der Waals surface area contributed by atoms with E-state index in [0.717, 1.165) is 6.07 Å². The Morgan fingerprint density at radius 1 is 1.17 bits per heavy atom. The van der Waals surface area contributed by atoms with Crippen LogP contribution in [0.2, 0.25) is 0 Å². The zero-order valence-corrected chi connectivity index (χ0v) is 17.2. The molecule has 11 heteroatoms. The van der Waals surface area contributed by atoms with Crippen LogP contribution in [0.3, 0.4) is 0 Å². The highest BCUT2D eigenvalue weighted by Gasteiger charge is 2.37. The summed E-state index contributed by atoms with van der Waals surface area (Å²) >= 11 is 0. The van der Waals surface area contributed by atoms with E-state index in [-0.39, 0.29) is 40.0 Å². The van der Waals surface area contributed by atoms with Crippen LogP contribution in [0.4, 0.5) is 11.4 Å². The van der Waals surface area contributed by atoms with Crippen molar-refractivity contribution in [1.29, 1.82) is 0 Å². The van der Waals surface area contributed by atoms with E-state index in [0.29, 0.717) is 9.87 Å². The molecule has 2 aromatic carbocycles. The van der Waals surface area contributed by atoms with Crippen LogP contribution >= 0.6 is 0 Å². The number of methoxy groups -OCH3 is 1. The van der Waals surface area contributed by atoms with Crippen molar-refractivity contribution in [2.24, 2.45) is 0 Å². The third kappa shape index (κ3) is 4.10. The van der Waals surface area contributed by atoms with Crippen molar-refractivity contribution in [3.05, 3.63) is 48.0 Å². The molecule has 0 atom stereocenters. The van der Waals surface area contributed by atoms with Gasteiger partial charge in [-0.25, -0.2) is 21.1 Å². The van der Waals surface area contributed by atoms with E-state index in [9.17, 15) is 26.4 Å². The fourth-order valence-electron chi connectivity index (χ4n) is 2.88. The van der Waals surface area contributed by atoms with Gasteiger partial charge in [0.15, 0.2) is 5.78 Å². The summed E-state index contributed by atoms with van der Waals surface area (Å²) in [7, 11) is -6.81. The standard InChI is InChI=1S/C18H18N2O7S2/c1-12(21)13-4-3-5-14(10-13)19-29(25,26)17-11-15(6-7-16(17)27-2)20-18(22)8-9-28(20,23)24/h3-7,10-11,19H,8-9H2,1-2H3. The largest absolute Gasteiger partial charge is 0.495 e. The fourth-order valence-corrected chi connectivity index (χ4v) is 5.57. The fraction of sp³-hybridized carbons (Fsp3) is 0.222. The monoisotopic (exact) mass is 438 g/mol. The normalized spacial score (nSPS) is 15.9. The first-order valence-corrected chi connectivity index (χ1v) is 11.5. The number of benzene rings is 2. The van der Waals surface area contributed by atoms with Gasteiger partial charge in [0.2, 0.25) is 15.9 Å². The molecular weight excluding hydrogens is 420 g/mol. The summed E-state index contributed by atoms with van der Waals surface area (Å²) in [5.41, 5.74) is 0.376. The quantitative estimate of drug-likeness (QED) is 0.681. The molecule has 9 nitrogen and oxygen atoms in total. The van der Waals surface area contributed by atoms with Crippen molar-refractivity contribution < 1.29 is 31.2 Å². The van der Waals surface area contributed by atoms with E-state index in [1.807, 2.05) is 0 Å². The minimum atomic E-state index is -4.22. The lowest BCUT2D eigenvalue weighted by Crippen LogP contribution is -2.29. The van der Waals surface area contributed by atoms with Gasteiger partial charge in [-0.3, -0.25) is 14.3 Å². The van der Waals surface area contributed by atoms with Crippen LogP contribution in [-0.4, -0.2) is 41.4 Å². The van der Waals surface area contributed by atoms with Gasteiger partial charge in [0.1, 0.15) is 10.6 Å². The summed E-state index contributed by atoms with van der Waals surface area (Å²) in [6.45, 7) is 1.35. The van der Waals surface area contributed by atoms with E-state index >= 15 is 0 Å². The van der Waals surface area contributed by atoms with Gasteiger partial charge in [0, 0.05) is 17.7 Å². The van der Waals surface area contributed by atoms with Crippen molar-refractivity contribution in [2.45, 2.75) is 18.2 Å². The minimum absolute atomic E-state index is 0.0342. The SMILES string of the molecule is COc1ccc(N2C(=O)CCS2(=O)=O)cc1S(=O)(=O)Nc1cccc(C(C)=O)c1. The second-order valence-corrected chi connectivity index (χ2v) is 9.89. The molecule has 0 saturated carbocycles. The lowest BCUT2D eigenvalue weighted by Gasteiger charge is -2.18. The average molecular weight is 438 g/mol. The molecular formula is C18H18N2O7S2. The first-order chi connectivity index (χ1) is 13.5. The molecule has 0 radical (unpaired) electrons. The zero-order chi connectivity index (χ0) is 21.4. The van der Waals surface area contributed by atoms with Gasteiger partial charge in [-0.05, 0) is 37.3 Å². The topological polar surface area (TPSA) is 127 Å².